The topological polar surface area (TPSA) is 61.1 Å². The molecule has 3 aromatic rings. The van der Waals surface area contributed by atoms with Gasteiger partial charge in [-0.15, -0.1) is 0 Å². The van der Waals surface area contributed by atoms with Gasteiger partial charge in [0.1, 0.15) is 0 Å². The third-order valence-corrected chi connectivity index (χ3v) is 4.47. The number of nitrogens with zero attached hydrogens (tertiary/aromatic N) is 2. The van der Waals surface area contributed by atoms with Crippen molar-refractivity contribution >= 4 is 17.4 Å². The number of para-hydroxylation sites is 1. The van der Waals surface area contributed by atoms with Crippen LogP contribution in [-0.2, 0) is 6.54 Å². The molecule has 0 atom stereocenters. The van der Waals surface area contributed by atoms with E-state index in [4.69, 9.17) is 11.6 Å². The van der Waals surface area contributed by atoms with E-state index in [9.17, 15) is 14.4 Å². The largest absolute Gasteiger partial charge is 0.321 e. The van der Waals surface area contributed by atoms with Crippen molar-refractivity contribution in [3.05, 3.63) is 97.3 Å². The van der Waals surface area contributed by atoms with Gasteiger partial charge in [0.15, 0.2) is 5.78 Å². The van der Waals surface area contributed by atoms with Gasteiger partial charge in [0.25, 0.3) is 0 Å². The highest BCUT2D eigenvalue weighted by molar-refractivity contribution is 6.30. The monoisotopic (exact) mass is 368 g/mol. The van der Waals surface area contributed by atoms with E-state index in [0.717, 1.165) is 15.7 Å². The number of aryl methyl sites for hydroxylation is 2. The number of rotatable bonds is 4. The lowest BCUT2D eigenvalue weighted by Gasteiger charge is -2.13. The summed E-state index contributed by atoms with van der Waals surface area (Å²) in [5.74, 6) is -0.270. The molecule has 0 amide bonds. The average Bonchev–Trinajstić information content (AvgIpc) is 2.61. The van der Waals surface area contributed by atoms with Crippen LogP contribution in [0.5, 0.6) is 0 Å². The first kappa shape index (κ1) is 17.9. The van der Waals surface area contributed by atoms with Crippen molar-refractivity contribution in [1.29, 1.82) is 0 Å². The average molecular weight is 369 g/mol. The van der Waals surface area contributed by atoms with E-state index in [1.165, 1.54) is 17.0 Å². The third kappa shape index (κ3) is 3.39. The van der Waals surface area contributed by atoms with Crippen LogP contribution in [0.1, 0.15) is 21.5 Å². The molecule has 0 saturated heterocycles. The Morgan fingerprint density at radius 3 is 2.15 bits per heavy atom. The van der Waals surface area contributed by atoms with Crippen molar-refractivity contribution in [1.82, 2.24) is 9.13 Å². The van der Waals surface area contributed by atoms with Crippen LogP contribution in [0.15, 0.2) is 64.4 Å². The number of carbonyl (C=O) groups is 1. The number of halogens is 1. The van der Waals surface area contributed by atoms with Gasteiger partial charge in [-0.25, -0.2) is 0 Å². The summed E-state index contributed by atoms with van der Waals surface area (Å²) in [7, 11) is 0. The minimum Gasteiger partial charge on any atom is -0.301 e. The normalized spacial score (nSPS) is 10.7. The smallest absolute Gasteiger partial charge is 0.301 e. The van der Waals surface area contributed by atoms with E-state index >= 15 is 0 Å². The number of hydrogen-bond donors (Lipinski definition) is 0. The Morgan fingerprint density at radius 2 is 1.54 bits per heavy atom. The predicted molar refractivity (Wildman–Crippen MR) is 102 cm³/mol. The summed E-state index contributed by atoms with van der Waals surface area (Å²) >= 11 is 5.81. The van der Waals surface area contributed by atoms with Crippen molar-refractivity contribution < 1.29 is 4.79 Å². The van der Waals surface area contributed by atoms with Gasteiger partial charge in [-0.2, -0.15) is 0 Å². The molecule has 0 radical (unpaired) electrons. The van der Waals surface area contributed by atoms with Crippen molar-refractivity contribution in [2.75, 3.05) is 0 Å². The fraction of sp³-hybridized carbons (Fsp3) is 0.150. The van der Waals surface area contributed by atoms with Gasteiger partial charge in [0.05, 0.1) is 12.2 Å². The van der Waals surface area contributed by atoms with Crippen LogP contribution in [0.25, 0.3) is 5.69 Å². The van der Waals surface area contributed by atoms with E-state index in [0.29, 0.717) is 16.3 Å². The standard InChI is InChI=1S/C20H17ClN2O3/c1-13-4-3-5-14(2)18(13)23-11-10-22(19(25)20(23)26)12-17(24)15-6-8-16(21)9-7-15/h3-11H,12H2,1-2H3. The third-order valence-electron chi connectivity index (χ3n) is 4.22. The Balaban J connectivity index is 1.98. The van der Waals surface area contributed by atoms with Crippen LogP contribution < -0.4 is 11.1 Å². The molecule has 5 nitrogen and oxygen atoms in total. The number of Topliss-reactive ketones (excluding diaryl/α,β-unsaturated/α-hetero) is 1. The van der Waals surface area contributed by atoms with Crippen molar-refractivity contribution in [2.45, 2.75) is 20.4 Å². The Labute approximate surface area is 155 Å². The molecule has 3 rings (SSSR count). The van der Waals surface area contributed by atoms with Crippen molar-refractivity contribution in [2.24, 2.45) is 0 Å². The molecule has 0 bridgehead atoms. The Kier molecular flexibility index (Phi) is 4.91. The highest BCUT2D eigenvalue weighted by Gasteiger charge is 2.13. The second-order valence-electron chi connectivity index (χ2n) is 6.08. The van der Waals surface area contributed by atoms with Gasteiger partial charge in [0, 0.05) is 23.0 Å². The summed E-state index contributed by atoms with van der Waals surface area (Å²) in [6.45, 7) is 3.55. The lowest BCUT2D eigenvalue weighted by Crippen LogP contribution is -2.41. The number of hydrogen-bond acceptors (Lipinski definition) is 3. The fourth-order valence-electron chi connectivity index (χ4n) is 2.88. The lowest BCUT2D eigenvalue weighted by atomic mass is 10.1. The quantitative estimate of drug-likeness (QED) is 0.525. The second-order valence-corrected chi connectivity index (χ2v) is 6.51. The summed E-state index contributed by atoms with van der Waals surface area (Å²) in [5.41, 5.74) is 1.47. The van der Waals surface area contributed by atoms with E-state index in [1.807, 2.05) is 32.0 Å². The van der Waals surface area contributed by atoms with E-state index in [2.05, 4.69) is 0 Å². The first-order valence-electron chi connectivity index (χ1n) is 8.06. The maximum absolute atomic E-state index is 12.6. The van der Waals surface area contributed by atoms with Gasteiger partial charge in [-0.3, -0.25) is 19.0 Å². The molecule has 0 unspecified atom stereocenters. The highest BCUT2D eigenvalue weighted by Crippen LogP contribution is 2.16. The number of aromatic nitrogens is 2. The molecular formula is C20H17ClN2O3. The molecule has 132 valence electrons. The van der Waals surface area contributed by atoms with Gasteiger partial charge in [0.2, 0.25) is 0 Å². The maximum Gasteiger partial charge on any atom is 0.321 e. The van der Waals surface area contributed by atoms with Crippen LogP contribution in [0, 0.1) is 13.8 Å². The molecule has 0 fully saturated rings. The summed E-state index contributed by atoms with van der Waals surface area (Å²) in [5, 5.41) is 0.523. The van der Waals surface area contributed by atoms with Crippen LogP contribution in [0.3, 0.4) is 0 Å². The molecule has 6 heteroatoms. The number of benzene rings is 2. The number of ketones is 1. The summed E-state index contributed by atoms with van der Waals surface area (Å²) in [6.07, 6.45) is 2.98. The summed E-state index contributed by atoms with van der Waals surface area (Å²) in [6, 6.07) is 12.0. The van der Waals surface area contributed by atoms with Crippen LogP contribution in [0.4, 0.5) is 0 Å². The fourth-order valence-corrected chi connectivity index (χ4v) is 3.00. The SMILES string of the molecule is Cc1cccc(C)c1-n1ccn(CC(=O)c2ccc(Cl)cc2)c(=O)c1=O. The first-order valence-corrected chi connectivity index (χ1v) is 8.44. The molecule has 0 spiro atoms. The molecule has 0 N–H and O–H groups in total. The zero-order valence-electron chi connectivity index (χ0n) is 14.4. The second kappa shape index (κ2) is 7.14. The molecule has 0 aliphatic rings. The molecular weight excluding hydrogens is 352 g/mol. The van der Waals surface area contributed by atoms with E-state index < -0.39 is 11.1 Å². The van der Waals surface area contributed by atoms with Crippen molar-refractivity contribution in [3.8, 4) is 5.69 Å². The summed E-state index contributed by atoms with van der Waals surface area (Å²) < 4.78 is 2.46. The zero-order valence-corrected chi connectivity index (χ0v) is 15.2. The molecule has 0 aliphatic heterocycles. The van der Waals surface area contributed by atoms with Gasteiger partial charge in [-0.05, 0) is 49.2 Å². The lowest BCUT2D eigenvalue weighted by molar-refractivity contribution is 0.0970. The van der Waals surface area contributed by atoms with E-state index in [-0.39, 0.29) is 12.3 Å². The van der Waals surface area contributed by atoms with Crippen LogP contribution >= 0.6 is 11.6 Å². The van der Waals surface area contributed by atoms with Gasteiger partial charge < -0.3 is 4.57 Å². The Morgan fingerprint density at radius 1 is 0.923 bits per heavy atom. The molecule has 0 saturated carbocycles. The van der Waals surface area contributed by atoms with Gasteiger partial charge >= 0.3 is 11.1 Å². The maximum atomic E-state index is 12.6. The summed E-state index contributed by atoms with van der Waals surface area (Å²) in [4.78, 5) is 37.4. The first-order chi connectivity index (χ1) is 12.4. The minimum absolute atomic E-state index is 0.205. The van der Waals surface area contributed by atoms with Crippen LogP contribution in [0.2, 0.25) is 5.02 Å². The molecule has 1 heterocycles. The number of carbonyl (C=O) groups excluding carboxylic acids is 1. The molecule has 0 aliphatic carbocycles. The highest BCUT2D eigenvalue weighted by atomic mass is 35.5. The van der Waals surface area contributed by atoms with Crippen molar-refractivity contribution in [3.63, 3.8) is 0 Å². The predicted octanol–water partition coefficient (Wildman–Crippen LogP) is 3.15. The van der Waals surface area contributed by atoms with Crippen LogP contribution in [-0.4, -0.2) is 14.9 Å². The van der Waals surface area contributed by atoms with E-state index in [1.54, 1.807) is 24.3 Å². The minimum atomic E-state index is -0.738. The Hall–Kier alpha value is -2.92. The van der Waals surface area contributed by atoms with Gasteiger partial charge in [-0.1, -0.05) is 29.8 Å². The molecule has 1 aromatic heterocycles. The zero-order chi connectivity index (χ0) is 18.8. The Bertz CT molecular complexity index is 1080. The molecule has 26 heavy (non-hydrogen) atoms. The molecule has 2 aromatic carbocycles.